The maximum absolute atomic E-state index is 6.19. The van der Waals surface area contributed by atoms with Gasteiger partial charge in [-0.2, -0.15) is 0 Å². The summed E-state index contributed by atoms with van der Waals surface area (Å²) in [6.07, 6.45) is 3.49. The minimum Gasteiger partial charge on any atom is -0.481 e. The fraction of sp³-hybridized carbons (Fsp3) is 0.0588. The maximum atomic E-state index is 6.19. The van der Waals surface area contributed by atoms with Crippen molar-refractivity contribution in [3.05, 3.63) is 65.9 Å². The van der Waals surface area contributed by atoms with E-state index in [0.29, 0.717) is 10.9 Å². The highest BCUT2D eigenvalue weighted by Crippen LogP contribution is 2.27. The molecule has 0 bridgehead atoms. The van der Waals surface area contributed by atoms with E-state index >= 15 is 0 Å². The molecule has 22 heavy (non-hydrogen) atoms. The molecule has 0 aliphatic carbocycles. The predicted octanol–water partition coefficient (Wildman–Crippen LogP) is 4.55. The minimum atomic E-state index is 0.576. The van der Waals surface area contributed by atoms with Gasteiger partial charge in [-0.1, -0.05) is 29.8 Å². The van der Waals surface area contributed by atoms with Crippen molar-refractivity contribution < 1.29 is 4.74 Å². The topological polar surface area (TPSA) is 47.0 Å². The van der Waals surface area contributed by atoms with Gasteiger partial charge >= 0.3 is 0 Å². The van der Waals surface area contributed by atoms with Crippen LogP contribution in [0.4, 0.5) is 11.5 Å². The van der Waals surface area contributed by atoms with Crippen molar-refractivity contribution in [1.29, 1.82) is 0 Å². The number of methoxy groups -OCH3 is 1. The molecule has 0 fully saturated rings. The lowest BCUT2D eigenvalue weighted by Gasteiger charge is -2.08. The number of nitrogens with zero attached hydrogens (tertiary/aromatic N) is 2. The molecule has 4 nitrogen and oxygen atoms in total. The van der Waals surface area contributed by atoms with Gasteiger partial charge in [-0.25, -0.2) is 9.97 Å². The number of aromatic nitrogens is 2. The van der Waals surface area contributed by atoms with E-state index < -0.39 is 0 Å². The standard InChI is InChI=1S/C17H14ClN3O/c1-22-17-9-7-13(11-20-17)21-16-8-6-12(10-19-16)14-4-2-3-5-15(14)18/h2-11H,1H3,(H,19,21). The molecule has 2 heterocycles. The molecule has 0 atom stereocenters. The molecule has 0 radical (unpaired) electrons. The Hall–Kier alpha value is -2.59. The second-order valence-electron chi connectivity index (χ2n) is 4.63. The Balaban J connectivity index is 1.78. The largest absolute Gasteiger partial charge is 0.481 e. The van der Waals surface area contributed by atoms with Gasteiger partial charge in [0.25, 0.3) is 0 Å². The van der Waals surface area contributed by atoms with Gasteiger partial charge in [-0.3, -0.25) is 0 Å². The van der Waals surface area contributed by atoms with Gasteiger partial charge in [-0.15, -0.1) is 0 Å². The van der Waals surface area contributed by atoms with Crippen LogP contribution in [0, 0.1) is 0 Å². The first-order valence-electron chi connectivity index (χ1n) is 6.74. The quantitative estimate of drug-likeness (QED) is 0.768. The molecule has 1 N–H and O–H groups in total. The van der Waals surface area contributed by atoms with Crippen molar-refractivity contribution in [2.75, 3.05) is 12.4 Å². The summed E-state index contributed by atoms with van der Waals surface area (Å²) >= 11 is 6.19. The maximum Gasteiger partial charge on any atom is 0.213 e. The lowest BCUT2D eigenvalue weighted by Crippen LogP contribution is -1.95. The first kappa shape index (κ1) is 14.4. The summed E-state index contributed by atoms with van der Waals surface area (Å²) < 4.78 is 5.03. The second-order valence-corrected chi connectivity index (χ2v) is 5.03. The lowest BCUT2D eigenvalue weighted by molar-refractivity contribution is 0.398. The molecule has 1 aromatic carbocycles. The lowest BCUT2D eigenvalue weighted by atomic mass is 10.1. The van der Waals surface area contributed by atoms with Crippen LogP contribution < -0.4 is 10.1 Å². The zero-order valence-corrected chi connectivity index (χ0v) is 12.7. The number of pyridine rings is 2. The van der Waals surface area contributed by atoms with Gasteiger partial charge in [0.2, 0.25) is 5.88 Å². The molecule has 3 aromatic rings. The highest BCUT2D eigenvalue weighted by Gasteiger charge is 2.04. The van der Waals surface area contributed by atoms with Gasteiger partial charge in [0.1, 0.15) is 5.82 Å². The Morgan fingerprint density at radius 1 is 0.955 bits per heavy atom. The molecule has 0 unspecified atom stereocenters. The van der Waals surface area contributed by atoms with E-state index in [1.165, 1.54) is 0 Å². The Labute approximate surface area is 133 Å². The number of anilines is 2. The monoisotopic (exact) mass is 311 g/mol. The number of ether oxygens (including phenoxy) is 1. The van der Waals surface area contributed by atoms with Crippen LogP contribution in [0.1, 0.15) is 0 Å². The van der Waals surface area contributed by atoms with Gasteiger partial charge in [0, 0.05) is 28.4 Å². The second kappa shape index (κ2) is 6.45. The number of nitrogens with one attached hydrogen (secondary N) is 1. The third kappa shape index (κ3) is 3.18. The average molecular weight is 312 g/mol. The Morgan fingerprint density at radius 2 is 1.82 bits per heavy atom. The highest BCUT2D eigenvalue weighted by atomic mass is 35.5. The van der Waals surface area contributed by atoms with Crippen LogP contribution in [0.5, 0.6) is 5.88 Å². The summed E-state index contributed by atoms with van der Waals surface area (Å²) in [5.74, 6) is 1.32. The van der Waals surface area contributed by atoms with E-state index in [4.69, 9.17) is 16.3 Å². The Kier molecular flexibility index (Phi) is 4.21. The van der Waals surface area contributed by atoms with Crippen LogP contribution in [0.15, 0.2) is 60.9 Å². The predicted molar refractivity (Wildman–Crippen MR) is 88.8 cm³/mol. The van der Waals surface area contributed by atoms with Crippen LogP contribution >= 0.6 is 11.6 Å². The zero-order chi connectivity index (χ0) is 15.4. The summed E-state index contributed by atoms with van der Waals surface area (Å²) in [7, 11) is 1.59. The summed E-state index contributed by atoms with van der Waals surface area (Å²) in [4.78, 5) is 8.55. The number of hydrogen-bond donors (Lipinski definition) is 1. The van der Waals surface area contributed by atoms with Crippen molar-refractivity contribution in [2.45, 2.75) is 0 Å². The fourth-order valence-corrected chi connectivity index (χ4v) is 2.29. The van der Waals surface area contributed by atoms with Crippen molar-refractivity contribution in [3.8, 4) is 17.0 Å². The van der Waals surface area contributed by atoms with Crippen molar-refractivity contribution in [1.82, 2.24) is 9.97 Å². The van der Waals surface area contributed by atoms with Gasteiger partial charge in [0.05, 0.1) is 19.0 Å². The van der Waals surface area contributed by atoms with E-state index in [1.807, 2.05) is 42.5 Å². The van der Waals surface area contributed by atoms with Crippen molar-refractivity contribution in [3.63, 3.8) is 0 Å². The Morgan fingerprint density at radius 3 is 2.45 bits per heavy atom. The van der Waals surface area contributed by atoms with Gasteiger partial charge in [-0.05, 0) is 24.3 Å². The zero-order valence-electron chi connectivity index (χ0n) is 12.0. The highest BCUT2D eigenvalue weighted by molar-refractivity contribution is 6.33. The van der Waals surface area contributed by atoms with E-state index in [0.717, 1.165) is 22.6 Å². The SMILES string of the molecule is COc1ccc(Nc2ccc(-c3ccccc3Cl)cn2)cn1. The average Bonchev–Trinajstić information content (AvgIpc) is 2.57. The summed E-state index contributed by atoms with van der Waals surface area (Å²) in [5.41, 5.74) is 2.79. The minimum absolute atomic E-state index is 0.576. The van der Waals surface area contributed by atoms with E-state index in [2.05, 4.69) is 15.3 Å². The number of rotatable bonds is 4. The van der Waals surface area contributed by atoms with Crippen LogP contribution in [-0.2, 0) is 0 Å². The van der Waals surface area contributed by atoms with Crippen molar-refractivity contribution >= 4 is 23.1 Å². The third-order valence-corrected chi connectivity index (χ3v) is 3.50. The molecule has 2 aromatic heterocycles. The molecular weight excluding hydrogens is 298 g/mol. The molecule has 5 heteroatoms. The first-order chi connectivity index (χ1) is 10.8. The van der Waals surface area contributed by atoms with Crippen LogP contribution in [-0.4, -0.2) is 17.1 Å². The van der Waals surface area contributed by atoms with E-state index in [9.17, 15) is 0 Å². The van der Waals surface area contributed by atoms with Crippen molar-refractivity contribution in [2.24, 2.45) is 0 Å². The molecule has 0 aliphatic rings. The normalized spacial score (nSPS) is 10.3. The van der Waals surface area contributed by atoms with Crippen LogP contribution in [0.2, 0.25) is 5.02 Å². The molecule has 0 aliphatic heterocycles. The molecular formula is C17H14ClN3O. The molecule has 110 valence electrons. The van der Waals surface area contributed by atoms with Gasteiger partial charge < -0.3 is 10.1 Å². The van der Waals surface area contributed by atoms with Gasteiger partial charge in [0.15, 0.2) is 0 Å². The number of hydrogen-bond acceptors (Lipinski definition) is 4. The van der Waals surface area contributed by atoms with Crippen LogP contribution in [0.3, 0.4) is 0 Å². The van der Waals surface area contributed by atoms with E-state index in [-0.39, 0.29) is 0 Å². The molecule has 3 rings (SSSR count). The first-order valence-corrected chi connectivity index (χ1v) is 7.12. The van der Waals surface area contributed by atoms with E-state index in [1.54, 1.807) is 25.6 Å². The molecule has 0 amide bonds. The molecule has 0 spiro atoms. The molecule has 0 saturated heterocycles. The smallest absolute Gasteiger partial charge is 0.213 e. The summed E-state index contributed by atoms with van der Waals surface area (Å²) in [6, 6.07) is 15.3. The molecule has 0 saturated carbocycles. The fourth-order valence-electron chi connectivity index (χ4n) is 2.05. The Bertz CT molecular complexity index is 758. The number of benzene rings is 1. The number of halogens is 1. The summed E-state index contributed by atoms with van der Waals surface area (Å²) in [5, 5.41) is 3.90. The van der Waals surface area contributed by atoms with Crippen LogP contribution in [0.25, 0.3) is 11.1 Å². The third-order valence-electron chi connectivity index (χ3n) is 3.17. The summed E-state index contributed by atoms with van der Waals surface area (Å²) in [6.45, 7) is 0.